The fourth-order valence-electron chi connectivity index (χ4n) is 3.73. The van der Waals surface area contributed by atoms with E-state index in [2.05, 4.69) is 5.32 Å². The normalized spacial score (nSPS) is 32.4. The molecule has 1 aromatic heterocycles. The van der Waals surface area contributed by atoms with Crippen molar-refractivity contribution in [2.75, 3.05) is 0 Å². The van der Waals surface area contributed by atoms with E-state index in [1.54, 1.807) is 11.3 Å². The van der Waals surface area contributed by atoms with E-state index in [0.717, 1.165) is 24.1 Å². The third-order valence-electron chi connectivity index (χ3n) is 4.52. The first-order chi connectivity index (χ1) is 9.16. The van der Waals surface area contributed by atoms with Crippen LogP contribution in [0.5, 0.6) is 0 Å². The molecule has 0 radical (unpaired) electrons. The number of amides is 1. The number of carbonyl (C=O) groups excluding carboxylic acids is 1. The maximum atomic E-state index is 12.3. The Labute approximate surface area is 115 Å². The van der Waals surface area contributed by atoms with Gasteiger partial charge in [-0.2, -0.15) is 0 Å². The van der Waals surface area contributed by atoms with Crippen molar-refractivity contribution in [3.05, 3.63) is 22.4 Å². The number of fused-ring (bicyclic) bond motifs is 2. The lowest BCUT2D eigenvalue weighted by molar-refractivity contribution is -0.149. The third kappa shape index (κ3) is 2.27. The summed E-state index contributed by atoms with van der Waals surface area (Å²) in [4.78, 5) is 24.7. The number of thiophene rings is 1. The van der Waals surface area contributed by atoms with E-state index in [0.29, 0.717) is 6.54 Å². The summed E-state index contributed by atoms with van der Waals surface area (Å²) >= 11 is 1.60. The highest BCUT2D eigenvalue weighted by atomic mass is 32.1. The Bertz CT molecular complexity index is 485. The summed E-state index contributed by atoms with van der Waals surface area (Å²) in [5.74, 6) is -1.19. The van der Waals surface area contributed by atoms with E-state index in [1.165, 1.54) is 0 Å². The number of aliphatic carboxylic acids is 1. The summed E-state index contributed by atoms with van der Waals surface area (Å²) in [7, 11) is 0. The Morgan fingerprint density at radius 2 is 2.05 bits per heavy atom. The van der Waals surface area contributed by atoms with Crippen molar-refractivity contribution in [2.24, 2.45) is 23.7 Å². The number of hydrogen-bond donors (Lipinski definition) is 2. The minimum atomic E-state index is -0.802. The van der Waals surface area contributed by atoms with E-state index >= 15 is 0 Å². The van der Waals surface area contributed by atoms with Crippen molar-refractivity contribution < 1.29 is 14.7 Å². The highest BCUT2D eigenvalue weighted by Gasteiger charge is 2.53. The molecule has 2 bridgehead atoms. The van der Waals surface area contributed by atoms with Gasteiger partial charge >= 0.3 is 5.97 Å². The van der Waals surface area contributed by atoms with Crippen LogP contribution >= 0.6 is 11.3 Å². The van der Waals surface area contributed by atoms with E-state index in [1.807, 2.05) is 17.5 Å². The average Bonchev–Trinajstić information content (AvgIpc) is 3.10. The molecule has 0 unspecified atom stereocenters. The lowest BCUT2D eigenvalue weighted by atomic mass is 9.79. The summed E-state index contributed by atoms with van der Waals surface area (Å²) in [6, 6.07) is 3.92. The highest BCUT2D eigenvalue weighted by Crippen LogP contribution is 2.52. The molecule has 1 heterocycles. The molecule has 2 aliphatic carbocycles. The summed E-state index contributed by atoms with van der Waals surface area (Å²) < 4.78 is 0. The van der Waals surface area contributed by atoms with Gasteiger partial charge in [-0.1, -0.05) is 6.07 Å². The number of rotatable bonds is 4. The van der Waals surface area contributed by atoms with Crippen molar-refractivity contribution in [1.82, 2.24) is 5.32 Å². The van der Waals surface area contributed by atoms with E-state index in [-0.39, 0.29) is 23.7 Å². The second kappa shape index (κ2) is 4.96. The van der Waals surface area contributed by atoms with Gasteiger partial charge < -0.3 is 10.4 Å². The number of hydrogen-bond acceptors (Lipinski definition) is 3. The first-order valence-corrected chi connectivity index (χ1v) is 7.57. The summed E-state index contributed by atoms with van der Waals surface area (Å²) in [6.07, 6.45) is 2.88. The number of carboxylic acid groups (broad SMARTS) is 1. The van der Waals surface area contributed by atoms with Gasteiger partial charge in [0.2, 0.25) is 5.91 Å². The van der Waals surface area contributed by atoms with Gasteiger partial charge in [0.25, 0.3) is 0 Å². The van der Waals surface area contributed by atoms with Gasteiger partial charge in [-0.05, 0) is 42.5 Å². The molecule has 5 heteroatoms. The predicted octanol–water partition coefficient (Wildman–Crippen LogP) is 2.11. The minimum absolute atomic E-state index is 0.0759. The first kappa shape index (κ1) is 12.7. The van der Waals surface area contributed by atoms with Gasteiger partial charge in [0.1, 0.15) is 0 Å². The smallest absolute Gasteiger partial charge is 0.307 e. The van der Waals surface area contributed by atoms with Crippen molar-refractivity contribution in [3.8, 4) is 0 Å². The van der Waals surface area contributed by atoms with Crippen LogP contribution in [0.3, 0.4) is 0 Å². The van der Waals surface area contributed by atoms with Gasteiger partial charge in [-0.3, -0.25) is 9.59 Å². The Morgan fingerprint density at radius 1 is 1.32 bits per heavy atom. The summed E-state index contributed by atoms with van der Waals surface area (Å²) in [6.45, 7) is 0.511. The van der Waals surface area contributed by atoms with Gasteiger partial charge in [0.05, 0.1) is 18.4 Å². The van der Waals surface area contributed by atoms with E-state index in [4.69, 9.17) is 0 Å². The van der Waals surface area contributed by atoms with Crippen LogP contribution < -0.4 is 5.32 Å². The molecule has 2 N–H and O–H groups in total. The van der Waals surface area contributed by atoms with Crippen LogP contribution in [0.1, 0.15) is 24.1 Å². The quantitative estimate of drug-likeness (QED) is 0.887. The molecule has 1 amide bonds. The molecule has 2 saturated carbocycles. The van der Waals surface area contributed by atoms with Crippen LogP contribution in [0.25, 0.3) is 0 Å². The number of carbonyl (C=O) groups is 2. The van der Waals surface area contributed by atoms with E-state index < -0.39 is 11.9 Å². The second-order valence-corrected chi connectivity index (χ2v) is 6.55. The van der Waals surface area contributed by atoms with Crippen LogP contribution in [0.15, 0.2) is 17.5 Å². The largest absolute Gasteiger partial charge is 0.481 e. The van der Waals surface area contributed by atoms with Crippen molar-refractivity contribution in [1.29, 1.82) is 0 Å². The SMILES string of the molecule is O=C(O)[C@H]1[C@@H]2CC[C@@H](C2)[C@@H]1C(=O)NCc1cccs1. The molecule has 0 aromatic carbocycles. The van der Waals surface area contributed by atoms with Crippen LogP contribution in [-0.4, -0.2) is 17.0 Å². The number of nitrogens with one attached hydrogen (secondary N) is 1. The maximum absolute atomic E-state index is 12.3. The zero-order valence-electron chi connectivity index (χ0n) is 10.5. The van der Waals surface area contributed by atoms with E-state index in [9.17, 15) is 14.7 Å². The summed E-state index contributed by atoms with van der Waals surface area (Å²) in [5.41, 5.74) is 0. The third-order valence-corrected chi connectivity index (χ3v) is 5.40. The zero-order valence-corrected chi connectivity index (χ0v) is 11.4. The fourth-order valence-corrected chi connectivity index (χ4v) is 4.37. The standard InChI is InChI=1S/C14H17NO3S/c16-13(15-7-10-2-1-5-19-10)11-8-3-4-9(6-8)12(11)14(17)18/h1-2,5,8-9,11-12H,3-4,6-7H2,(H,15,16)(H,17,18)/t8-,9+,11-,12-/m0/s1. The van der Waals surface area contributed by atoms with Crippen molar-refractivity contribution in [2.45, 2.75) is 25.8 Å². The van der Waals surface area contributed by atoms with Crippen molar-refractivity contribution in [3.63, 3.8) is 0 Å². The molecule has 0 saturated heterocycles. The van der Waals surface area contributed by atoms with Crippen LogP contribution in [0.4, 0.5) is 0 Å². The molecular weight excluding hydrogens is 262 g/mol. The average molecular weight is 279 g/mol. The molecule has 19 heavy (non-hydrogen) atoms. The van der Waals surface area contributed by atoms with Crippen LogP contribution in [-0.2, 0) is 16.1 Å². The second-order valence-electron chi connectivity index (χ2n) is 5.52. The molecule has 4 nitrogen and oxygen atoms in total. The molecular formula is C14H17NO3S. The van der Waals surface area contributed by atoms with Crippen LogP contribution in [0.2, 0.25) is 0 Å². The maximum Gasteiger partial charge on any atom is 0.307 e. The fraction of sp³-hybridized carbons (Fsp3) is 0.571. The molecule has 2 aliphatic rings. The van der Waals surface area contributed by atoms with Crippen molar-refractivity contribution >= 4 is 23.2 Å². The lowest BCUT2D eigenvalue weighted by Crippen LogP contribution is -2.40. The lowest BCUT2D eigenvalue weighted by Gasteiger charge is -2.26. The Hall–Kier alpha value is -1.36. The Kier molecular flexibility index (Phi) is 3.31. The Morgan fingerprint density at radius 3 is 2.68 bits per heavy atom. The number of carboxylic acids is 1. The molecule has 3 rings (SSSR count). The summed E-state index contributed by atoms with van der Waals surface area (Å²) in [5, 5.41) is 14.2. The van der Waals surface area contributed by atoms with Gasteiger partial charge in [-0.15, -0.1) is 11.3 Å². The van der Waals surface area contributed by atoms with Gasteiger partial charge in [-0.25, -0.2) is 0 Å². The highest BCUT2D eigenvalue weighted by molar-refractivity contribution is 7.09. The van der Waals surface area contributed by atoms with Crippen LogP contribution in [0, 0.1) is 23.7 Å². The van der Waals surface area contributed by atoms with Gasteiger partial charge in [0, 0.05) is 4.88 Å². The minimum Gasteiger partial charge on any atom is -0.481 e. The monoisotopic (exact) mass is 279 g/mol. The predicted molar refractivity (Wildman–Crippen MR) is 71.6 cm³/mol. The molecule has 102 valence electrons. The molecule has 0 spiro atoms. The zero-order chi connectivity index (χ0) is 13.4. The molecule has 0 aliphatic heterocycles. The first-order valence-electron chi connectivity index (χ1n) is 6.69. The topological polar surface area (TPSA) is 66.4 Å². The molecule has 2 fully saturated rings. The molecule has 4 atom stereocenters. The van der Waals surface area contributed by atoms with Gasteiger partial charge in [0.15, 0.2) is 0 Å². The Balaban J connectivity index is 1.66. The molecule has 1 aromatic rings.